The summed E-state index contributed by atoms with van der Waals surface area (Å²) in [5.74, 6) is 0.0194. The zero-order chi connectivity index (χ0) is 13.2. The van der Waals surface area contributed by atoms with Gasteiger partial charge in [0.15, 0.2) is 0 Å². The van der Waals surface area contributed by atoms with E-state index in [1.807, 2.05) is 49.5 Å². The Morgan fingerprint density at radius 2 is 1.89 bits per heavy atom. The number of pyridine rings is 1. The minimum atomic E-state index is 0.0194. The number of carbonyl (C=O) groups is 1. The highest BCUT2D eigenvalue weighted by molar-refractivity contribution is 5.95. The van der Waals surface area contributed by atoms with Crippen molar-refractivity contribution < 1.29 is 4.79 Å². The highest BCUT2D eigenvalue weighted by atomic mass is 16.1. The van der Waals surface area contributed by atoms with E-state index in [0.717, 1.165) is 29.7 Å². The van der Waals surface area contributed by atoms with E-state index in [2.05, 4.69) is 10.3 Å². The van der Waals surface area contributed by atoms with Gasteiger partial charge in [0.05, 0.1) is 5.69 Å². The summed E-state index contributed by atoms with van der Waals surface area (Å²) >= 11 is 0. The van der Waals surface area contributed by atoms with Crippen molar-refractivity contribution in [3.63, 3.8) is 0 Å². The van der Waals surface area contributed by atoms with Gasteiger partial charge in [-0.05, 0) is 43.5 Å². The van der Waals surface area contributed by atoms with Crippen molar-refractivity contribution in [2.75, 3.05) is 0 Å². The van der Waals surface area contributed by atoms with E-state index in [1.165, 1.54) is 0 Å². The molecule has 1 aliphatic rings. The number of aryl methyl sites for hydroxylation is 1. The van der Waals surface area contributed by atoms with E-state index in [9.17, 15) is 4.79 Å². The van der Waals surface area contributed by atoms with Gasteiger partial charge in [0.25, 0.3) is 5.91 Å². The fourth-order valence-corrected chi connectivity index (χ4v) is 1.93. The summed E-state index contributed by atoms with van der Waals surface area (Å²) in [6.45, 7) is 2.02. The number of hydrogen-bond acceptors (Lipinski definition) is 2. The molecule has 1 N–H and O–H groups in total. The molecule has 96 valence electrons. The number of rotatable bonds is 3. The first kappa shape index (κ1) is 11.9. The average Bonchev–Trinajstić information content (AvgIpc) is 3.24. The van der Waals surface area contributed by atoms with E-state index in [4.69, 9.17) is 0 Å². The molecule has 1 fully saturated rings. The zero-order valence-electron chi connectivity index (χ0n) is 10.9. The van der Waals surface area contributed by atoms with Gasteiger partial charge in [-0.15, -0.1) is 0 Å². The molecule has 0 spiro atoms. The first-order valence-electron chi connectivity index (χ1n) is 6.56. The van der Waals surface area contributed by atoms with Crippen LogP contribution in [-0.2, 0) is 0 Å². The minimum Gasteiger partial charge on any atom is -0.349 e. The predicted octanol–water partition coefficient (Wildman–Crippen LogP) is 2.95. The smallest absolute Gasteiger partial charge is 0.251 e. The van der Waals surface area contributed by atoms with Crippen LogP contribution in [0, 0.1) is 6.92 Å². The van der Waals surface area contributed by atoms with Crippen LogP contribution in [0.15, 0.2) is 42.6 Å². The second-order valence-electron chi connectivity index (χ2n) is 5.05. The Morgan fingerprint density at radius 3 is 2.47 bits per heavy atom. The molecule has 1 aliphatic carbocycles. The molecular weight excluding hydrogens is 236 g/mol. The number of nitrogens with one attached hydrogen (secondary N) is 1. The van der Waals surface area contributed by atoms with E-state index in [1.54, 1.807) is 0 Å². The van der Waals surface area contributed by atoms with E-state index >= 15 is 0 Å². The molecule has 3 heteroatoms. The van der Waals surface area contributed by atoms with Gasteiger partial charge in [-0.2, -0.15) is 0 Å². The van der Waals surface area contributed by atoms with E-state index in [-0.39, 0.29) is 5.91 Å². The summed E-state index contributed by atoms with van der Waals surface area (Å²) in [4.78, 5) is 16.2. The lowest BCUT2D eigenvalue weighted by Gasteiger charge is -2.05. The first-order chi connectivity index (χ1) is 9.22. The average molecular weight is 252 g/mol. The monoisotopic (exact) mass is 252 g/mol. The SMILES string of the molecule is Cc1ccc(-c2ccc(C(=O)NC3CC3)cc2)nc1. The number of carbonyl (C=O) groups excluding carboxylic acids is 1. The first-order valence-corrected chi connectivity index (χ1v) is 6.56. The van der Waals surface area contributed by atoms with Crippen LogP contribution >= 0.6 is 0 Å². The van der Waals surface area contributed by atoms with Gasteiger partial charge >= 0.3 is 0 Å². The maximum absolute atomic E-state index is 11.9. The molecule has 1 heterocycles. The highest BCUT2D eigenvalue weighted by Crippen LogP contribution is 2.21. The van der Waals surface area contributed by atoms with Crippen LogP contribution in [0.25, 0.3) is 11.3 Å². The Hall–Kier alpha value is -2.16. The Bertz CT molecular complexity index is 583. The van der Waals surface area contributed by atoms with E-state index in [0.29, 0.717) is 11.6 Å². The molecule has 1 aromatic heterocycles. The van der Waals surface area contributed by atoms with Crippen LogP contribution in [0.3, 0.4) is 0 Å². The van der Waals surface area contributed by atoms with E-state index < -0.39 is 0 Å². The molecule has 2 aromatic rings. The Labute approximate surface area is 112 Å². The molecule has 3 rings (SSSR count). The van der Waals surface area contributed by atoms with Gasteiger partial charge in [-0.1, -0.05) is 18.2 Å². The molecule has 1 saturated carbocycles. The lowest BCUT2D eigenvalue weighted by atomic mass is 10.1. The van der Waals surface area contributed by atoms with Crippen molar-refractivity contribution in [1.29, 1.82) is 0 Å². The van der Waals surface area contributed by atoms with Gasteiger partial charge < -0.3 is 5.32 Å². The second-order valence-corrected chi connectivity index (χ2v) is 5.05. The van der Waals surface area contributed by atoms with Crippen molar-refractivity contribution in [3.8, 4) is 11.3 Å². The van der Waals surface area contributed by atoms with Crippen LogP contribution in [0.5, 0.6) is 0 Å². The summed E-state index contributed by atoms with van der Waals surface area (Å²) in [5, 5.41) is 2.98. The fourth-order valence-electron chi connectivity index (χ4n) is 1.93. The molecular formula is C16H16N2O. The quantitative estimate of drug-likeness (QED) is 0.912. The predicted molar refractivity (Wildman–Crippen MR) is 74.9 cm³/mol. The molecule has 3 nitrogen and oxygen atoms in total. The third-order valence-corrected chi connectivity index (χ3v) is 3.27. The van der Waals surface area contributed by atoms with Gasteiger partial charge in [-0.3, -0.25) is 9.78 Å². The summed E-state index contributed by atoms with van der Waals surface area (Å²) < 4.78 is 0. The van der Waals surface area contributed by atoms with Gasteiger partial charge in [-0.25, -0.2) is 0 Å². The molecule has 0 atom stereocenters. The summed E-state index contributed by atoms with van der Waals surface area (Å²) in [7, 11) is 0. The Morgan fingerprint density at radius 1 is 1.16 bits per heavy atom. The van der Waals surface area contributed by atoms with Gasteiger partial charge in [0, 0.05) is 23.4 Å². The van der Waals surface area contributed by atoms with Crippen molar-refractivity contribution in [3.05, 3.63) is 53.7 Å². The summed E-state index contributed by atoms with van der Waals surface area (Å²) in [5.41, 5.74) is 3.81. The summed E-state index contributed by atoms with van der Waals surface area (Å²) in [6, 6.07) is 12.0. The Balaban J connectivity index is 1.77. The molecule has 0 bridgehead atoms. The normalized spacial score (nSPS) is 14.2. The van der Waals surface area contributed by atoms with Crippen LogP contribution in [-0.4, -0.2) is 16.9 Å². The van der Waals surface area contributed by atoms with Crippen molar-refractivity contribution in [2.24, 2.45) is 0 Å². The molecule has 0 saturated heterocycles. The second kappa shape index (κ2) is 4.84. The third-order valence-electron chi connectivity index (χ3n) is 3.27. The van der Waals surface area contributed by atoms with Crippen LogP contribution < -0.4 is 5.32 Å². The molecule has 0 unspecified atom stereocenters. The minimum absolute atomic E-state index is 0.0194. The molecule has 1 amide bonds. The summed E-state index contributed by atoms with van der Waals surface area (Å²) in [6.07, 6.45) is 4.07. The largest absolute Gasteiger partial charge is 0.349 e. The van der Waals surface area contributed by atoms with Gasteiger partial charge in [0.1, 0.15) is 0 Å². The standard InChI is InChI=1S/C16H16N2O/c1-11-2-9-15(17-10-11)12-3-5-13(6-4-12)16(19)18-14-7-8-14/h2-6,9-10,14H,7-8H2,1H3,(H,18,19). The zero-order valence-corrected chi connectivity index (χ0v) is 10.9. The number of aromatic nitrogens is 1. The van der Waals surface area contributed by atoms with Crippen molar-refractivity contribution in [2.45, 2.75) is 25.8 Å². The van der Waals surface area contributed by atoms with Crippen LogP contribution in [0.1, 0.15) is 28.8 Å². The third kappa shape index (κ3) is 2.81. The van der Waals surface area contributed by atoms with Gasteiger partial charge in [0.2, 0.25) is 0 Å². The maximum Gasteiger partial charge on any atom is 0.251 e. The highest BCUT2D eigenvalue weighted by Gasteiger charge is 2.23. The van der Waals surface area contributed by atoms with Crippen LogP contribution in [0.2, 0.25) is 0 Å². The van der Waals surface area contributed by atoms with Crippen LogP contribution in [0.4, 0.5) is 0 Å². The number of benzene rings is 1. The maximum atomic E-state index is 11.9. The van der Waals surface area contributed by atoms with Crippen molar-refractivity contribution in [1.82, 2.24) is 10.3 Å². The molecule has 0 radical (unpaired) electrons. The number of hydrogen-bond donors (Lipinski definition) is 1. The number of amides is 1. The topological polar surface area (TPSA) is 42.0 Å². The lowest BCUT2D eigenvalue weighted by molar-refractivity contribution is 0.0951. The molecule has 1 aromatic carbocycles. The fraction of sp³-hybridized carbons (Fsp3) is 0.250. The number of nitrogens with zero attached hydrogens (tertiary/aromatic N) is 1. The lowest BCUT2D eigenvalue weighted by Crippen LogP contribution is -2.25. The molecule has 19 heavy (non-hydrogen) atoms. The molecule has 0 aliphatic heterocycles. The Kier molecular flexibility index (Phi) is 3.03. The van der Waals surface area contributed by atoms with Crippen molar-refractivity contribution >= 4 is 5.91 Å².